The van der Waals surface area contributed by atoms with E-state index in [1.54, 1.807) is 0 Å². The highest BCUT2D eigenvalue weighted by Crippen LogP contribution is 2.32. The van der Waals surface area contributed by atoms with Crippen LogP contribution in [0.25, 0.3) is 11.1 Å². The van der Waals surface area contributed by atoms with E-state index in [1.807, 2.05) is 31.1 Å². The molecule has 1 amide bonds. The van der Waals surface area contributed by atoms with Gasteiger partial charge in [0.15, 0.2) is 0 Å². The standard InChI is InChI=1S/C34H42N2O3/c1-5-26(23-33(37)39-4)30-12-9-13-32(22-30)36(34(38)29-10-7-6-8-11-29)24-25-14-16-27(17-15-25)28-18-20-31(21-19-28)35(2)3/h9,12-22,26,29H,5-8,10-11,23-24H2,1-4H3. The molecule has 1 saturated carbocycles. The summed E-state index contributed by atoms with van der Waals surface area (Å²) in [5, 5.41) is 0. The Morgan fingerprint density at radius 1 is 0.872 bits per heavy atom. The second-order valence-electron chi connectivity index (χ2n) is 10.9. The molecule has 39 heavy (non-hydrogen) atoms. The largest absolute Gasteiger partial charge is 0.469 e. The molecule has 1 fully saturated rings. The number of hydrogen-bond donors (Lipinski definition) is 0. The number of carbonyl (C=O) groups excluding carboxylic acids is 2. The highest BCUT2D eigenvalue weighted by molar-refractivity contribution is 5.95. The second kappa shape index (κ2) is 13.5. The van der Waals surface area contributed by atoms with Gasteiger partial charge in [-0.3, -0.25) is 9.59 Å². The van der Waals surface area contributed by atoms with Crippen LogP contribution in [0.2, 0.25) is 0 Å². The highest BCUT2D eigenvalue weighted by atomic mass is 16.5. The fourth-order valence-corrected chi connectivity index (χ4v) is 5.53. The second-order valence-corrected chi connectivity index (χ2v) is 10.9. The average molecular weight is 527 g/mol. The highest BCUT2D eigenvalue weighted by Gasteiger charge is 2.28. The summed E-state index contributed by atoms with van der Waals surface area (Å²) in [6.07, 6.45) is 6.51. The first-order chi connectivity index (χ1) is 18.9. The van der Waals surface area contributed by atoms with Crippen molar-refractivity contribution in [3.8, 4) is 11.1 Å². The first kappa shape index (κ1) is 28.4. The molecule has 5 heteroatoms. The number of amides is 1. The van der Waals surface area contributed by atoms with Gasteiger partial charge < -0.3 is 14.5 Å². The molecule has 4 rings (SSSR count). The van der Waals surface area contributed by atoms with Crippen LogP contribution in [-0.4, -0.2) is 33.1 Å². The average Bonchev–Trinajstić information content (AvgIpc) is 2.99. The predicted octanol–water partition coefficient (Wildman–Crippen LogP) is 7.59. The molecule has 0 aliphatic heterocycles. The van der Waals surface area contributed by atoms with Gasteiger partial charge in [-0.1, -0.05) is 74.7 Å². The molecule has 3 aromatic rings. The molecule has 206 valence electrons. The minimum Gasteiger partial charge on any atom is -0.469 e. The van der Waals surface area contributed by atoms with E-state index in [0.29, 0.717) is 13.0 Å². The molecule has 0 N–H and O–H groups in total. The molecule has 0 heterocycles. The molecular formula is C34H42N2O3. The molecule has 0 bridgehead atoms. The zero-order valence-corrected chi connectivity index (χ0v) is 23.9. The maximum atomic E-state index is 13.9. The molecule has 0 saturated heterocycles. The van der Waals surface area contributed by atoms with E-state index in [1.165, 1.54) is 24.8 Å². The van der Waals surface area contributed by atoms with Gasteiger partial charge in [-0.25, -0.2) is 0 Å². The van der Waals surface area contributed by atoms with Gasteiger partial charge in [-0.05, 0) is 71.7 Å². The van der Waals surface area contributed by atoms with Crippen LogP contribution in [0.3, 0.4) is 0 Å². The number of nitrogens with zero attached hydrogens (tertiary/aromatic N) is 2. The summed E-state index contributed by atoms with van der Waals surface area (Å²) in [6.45, 7) is 2.60. The van der Waals surface area contributed by atoms with Gasteiger partial charge in [-0.15, -0.1) is 0 Å². The van der Waals surface area contributed by atoms with Crippen molar-refractivity contribution in [1.82, 2.24) is 0 Å². The van der Waals surface area contributed by atoms with Crippen LogP contribution in [0, 0.1) is 5.92 Å². The molecule has 1 unspecified atom stereocenters. The SMILES string of the molecule is CCC(CC(=O)OC)c1cccc(N(Cc2ccc(-c3ccc(N(C)C)cc3)cc2)C(=O)C2CCCCC2)c1. The Kier molecular flexibility index (Phi) is 9.80. The minimum absolute atomic E-state index is 0.0576. The van der Waals surface area contributed by atoms with Gasteiger partial charge in [0.1, 0.15) is 0 Å². The van der Waals surface area contributed by atoms with Crippen molar-refractivity contribution in [3.63, 3.8) is 0 Å². The third kappa shape index (κ3) is 7.29. The van der Waals surface area contributed by atoms with E-state index < -0.39 is 0 Å². The van der Waals surface area contributed by atoms with E-state index in [-0.39, 0.29) is 23.7 Å². The number of methoxy groups -OCH3 is 1. The lowest BCUT2D eigenvalue weighted by atomic mass is 9.87. The lowest BCUT2D eigenvalue weighted by Crippen LogP contribution is -2.36. The van der Waals surface area contributed by atoms with Crippen LogP contribution in [-0.2, 0) is 20.9 Å². The monoisotopic (exact) mass is 526 g/mol. The molecule has 5 nitrogen and oxygen atoms in total. The van der Waals surface area contributed by atoms with Crippen LogP contribution in [0.5, 0.6) is 0 Å². The fraction of sp³-hybridized carbons (Fsp3) is 0.412. The normalized spacial score (nSPS) is 14.5. The van der Waals surface area contributed by atoms with Crippen molar-refractivity contribution in [1.29, 1.82) is 0 Å². The summed E-state index contributed by atoms with van der Waals surface area (Å²) in [5.41, 5.74) is 6.57. The molecule has 3 aromatic carbocycles. The lowest BCUT2D eigenvalue weighted by molar-refractivity contribution is -0.141. The number of esters is 1. The smallest absolute Gasteiger partial charge is 0.306 e. The summed E-state index contributed by atoms with van der Waals surface area (Å²) in [5.74, 6) is 0.117. The van der Waals surface area contributed by atoms with E-state index in [2.05, 4.69) is 72.5 Å². The first-order valence-corrected chi connectivity index (χ1v) is 14.2. The van der Waals surface area contributed by atoms with Crippen molar-refractivity contribution in [3.05, 3.63) is 83.9 Å². The summed E-state index contributed by atoms with van der Waals surface area (Å²) in [6, 6.07) is 25.3. The summed E-state index contributed by atoms with van der Waals surface area (Å²) in [7, 11) is 5.52. The number of hydrogen-bond acceptors (Lipinski definition) is 4. The Morgan fingerprint density at radius 2 is 1.51 bits per heavy atom. The van der Waals surface area contributed by atoms with Gasteiger partial charge in [-0.2, -0.15) is 0 Å². The third-order valence-electron chi connectivity index (χ3n) is 8.02. The van der Waals surface area contributed by atoms with Crippen LogP contribution in [0.15, 0.2) is 72.8 Å². The maximum Gasteiger partial charge on any atom is 0.306 e. The Labute approximate surface area is 233 Å². The summed E-state index contributed by atoms with van der Waals surface area (Å²) < 4.78 is 4.93. The van der Waals surface area contributed by atoms with Crippen LogP contribution >= 0.6 is 0 Å². The van der Waals surface area contributed by atoms with Crippen molar-refractivity contribution in [2.45, 2.75) is 64.3 Å². The Hall–Kier alpha value is -3.60. The number of carbonyl (C=O) groups is 2. The molecule has 1 aliphatic carbocycles. The van der Waals surface area contributed by atoms with Gasteiger partial charge in [0.2, 0.25) is 5.91 Å². The number of rotatable bonds is 10. The Balaban J connectivity index is 1.60. The van der Waals surface area contributed by atoms with Crippen LogP contribution in [0.1, 0.15) is 68.9 Å². The fourth-order valence-electron chi connectivity index (χ4n) is 5.53. The third-order valence-corrected chi connectivity index (χ3v) is 8.02. The number of anilines is 2. The molecule has 0 radical (unpaired) electrons. The van der Waals surface area contributed by atoms with Gasteiger partial charge in [0, 0.05) is 31.4 Å². The van der Waals surface area contributed by atoms with Crippen molar-refractivity contribution >= 4 is 23.3 Å². The molecule has 0 aromatic heterocycles. The quantitative estimate of drug-likeness (QED) is 0.255. The van der Waals surface area contributed by atoms with E-state index in [0.717, 1.165) is 54.5 Å². The molecular weight excluding hydrogens is 484 g/mol. The van der Waals surface area contributed by atoms with Gasteiger partial charge in [0.05, 0.1) is 20.1 Å². The zero-order valence-electron chi connectivity index (χ0n) is 23.9. The van der Waals surface area contributed by atoms with Crippen LogP contribution in [0.4, 0.5) is 11.4 Å². The van der Waals surface area contributed by atoms with E-state index in [4.69, 9.17) is 4.74 Å². The minimum atomic E-state index is -0.209. The molecule has 1 aliphatic rings. The Morgan fingerprint density at radius 3 is 2.10 bits per heavy atom. The van der Waals surface area contributed by atoms with Crippen molar-refractivity contribution in [2.24, 2.45) is 5.92 Å². The number of benzene rings is 3. The predicted molar refractivity (Wildman–Crippen MR) is 160 cm³/mol. The first-order valence-electron chi connectivity index (χ1n) is 14.2. The summed E-state index contributed by atoms with van der Waals surface area (Å²) >= 11 is 0. The molecule has 1 atom stereocenters. The van der Waals surface area contributed by atoms with Crippen molar-refractivity contribution in [2.75, 3.05) is 31.0 Å². The molecule has 0 spiro atoms. The van der Waals surface area contributed by atoms with Crippen LogP contribution < -0.4 is 9.80 Å². The zero-order chi connectivity index (χ0) is 27.8. The summed E-state index contributed by atoms with van der Waals surface area (Å²) in [4.78, 5) is 30.0. The lowest BCUT2D eigenvalue weighted by Gasteiger charge is -2.30. The van der Waals surface area contributed by atoms with E-state index in [9.17, 15) is 9.59 Å². The van der Waals surface area contributed by atoms with Gasteiger partial charge in [0.25, 0.3) is 0 Å². The van der Waals surface area contributed by atoms with E-state index >= 15 is 0 Å². The van der Waals surface area contributed by atoms with Gasteiger partial charge >= 0.3 is 5.97 Å². The maximum absolute atomic E-state index is 13.9. The van der Waals surface area contributed by atoms with Crippen molar-refractivity contribution < 1.29 is 14.3 Å². The number of ether oxygens (including phenoxy) is 1. The topological polar surface area (TPSA) is 49.9 Å². The Bertz CT molecular complexity index is 1230.